The van der Waals surface area contributed by atoms with E-state index < -0.39 is 16.0 Å². The molecule has 32 heavy (non-hydrogen) atoms. The fourth-order valence-electron chi connectivity index (χ4n) is 3.33. The molecule has 0 aliphatic heterocycles. The van der Waals surface area contributed by atoms with Gasteiger partial charge in [-0.3, -0.25) is 4.79 Å². The summed E-state index contributed by atoms with van der Waals surface area (Å²) in [5, 5.41) is 16.0. The van der Waals surface area contributed by atoms with Crippen molar-refractivity contribution < 1.29 is 27.9 Å². The van der Waals surface area contributed by atoms with Crippen LogP contribution in [0.3, 0.4) is 0 Å². The standard InChI is InChI=1S/C21H28N4O6S/c1-5-13(6-2)19(26)22-15-9-10-16(17(11-15)32(29,30)24-14-7-8-14)31-20-12(3)18(21(27)28)23-25(20)4/h9-11,13-14,24H,5-8H2,1-4H3,(H,22,26)(H,27,28). The summed E-state index contributed by atoms with van der Waals surface area (Å²) in [5.41, 5.74) is 0.417. The van der Waals surface area contributed by atoms with Crippen molar-refractivity contribution >= 4 is 27.6 Å². The number of nitrogens with one attached hydrogen (secondary N) is 2. The predicted molar refractivity (Wildman–Crippen MR) is 117 cm³/mol. The van der Waals surface area contributed by atoms with E-state index in [1.54, 1.807) is 6.07 Å². The second-order valence-electron chi connectivity index (χ2n) is 7.87. The molecule has 1 aromatic carbocycles. The molecular weight excluding hydrogens is 436 g/mol. The van der Waals surface area contributed by atoms with E-state index >= 15 is 0 Å². The molecule has 1 heterocycles. The molecule has 1 fully saturated rings. The minimum absolute atomic E-state index is 0.00159. The second-order valence-corrected chi connectivity index (χ2v) is 9.55. The summed E-state index contributed by atoms with van der Waals surface area (Å²) >= 11 is 0. The van der Waals surface area contributed by atoms with Gasteiger partial charge in [-0.15, -0.1) is 0 Å². The Balaban J connectivity index is 2.00. The summed E-state index contributed by atoms with van der Waals surface area (Å²) in [6, 6.07) is 4.21. The average molecular weight is 465 g/mol. The molecule has 3 N–H and O–H groups in total. The average Bonchev–Trinajstić information content (AvgIpc) is 3.49. The number of carbonyl (C=O) groups is 2. The summed E-state index contributed by atoms with van der Waals surface area (Å²) in [4.78, 5) is 23.7. The number of rotatable bonds is 10. The maximum atomic E-state index is 13.0. The van der Waals surface area contributed by atoms with Gasteiger partial charge in [0.05, 0.1) is 0 Å². The smallest absolute Gasteiger partial charge is 0.356 e. The number of hydrogen-bond donors (Lipinski definition) is 3. The zero-order valence-electron chi connectivity index (χ0n) is 18.5. The first kappa shape index (κ1) is 23.7. The van der Waals surface area contributed by atoms with Crippen molar-refractivity contribution in [1.29, 1.82) is 0 Å². The van der Waals surface area contributed by atoms with E-state index in [9.17, 15) is 23.1 Å². The molecular formula is C21H28N4O6S. The largest absolute Gasteiger partial charge is 0.476 e. The van der Waals surface area contributed by atoms with Crippen LogP contribution in [0.15, 0.2) is 23.1 Å². The minimum Gasteiger partial charge on any atom is -0.476 e. The van der Waals surface area contributed by atoms with E-state index in [1.807, 2.05) is 13.8 Å². The highest BCUT2D eigenvalue weighted by Gasteiger charge is 2.31. The number of benzene rings is 1. The summed E-state index contributed by atoms with van der Waals surface area (Å²) in [5.74, 6) is -1.46. The maximum Gasteiger partial charge on any atom is 0.356 e. The van der Waals surface area contributed by atoms with Crippen LogP contribution in [0.25, 0.3) is 0 Å². The molecule has 1 amide bonds. The lowest BCUT2D eigenvalue weighted by molar-refractivity contribution is -0.120. The number of carboxylic acids is 1. The highest BCUT2D eigenvalue weighted by molar-refractivity contribution is 7.89. The second kappa shape index (κ2) is 9.29. The Bertz CT molecular complexity index is 1130. The Labute approximate surface area is 187 Å². The Kier molecular flexibility index (Phi) is 6.89. The molecule has 10 nitrogen and oxygen atoms in total. The third-order valence-corrected chi connectivity index (χ3v) is 6.93. The van der Waals surface area contributed by atoms with Crippen molar-refractivity contribution in [3.8, 4) is 11.6 Å². The van der Waals surface area contributed by atoms with Gasteiger partial charge in [-0.25, -0.2) is 22.6 Å². The molecule has 1 aromatic heterocycles. The quantitative estimate of drug-likeness (QED) is 0.491. The van der Waals surface area contributed by atoms with Crippen LogP contribution in [0.5, 0.6) is 11.6 Å². The molecule has 0 saturated heterocycles. The predicted octanol–water partition coefficient (Wildman–Crippen LogP) is 3.03. The number of nitrogens with zero attached hydrogens (tertiary/aromatic N) is 2. The zero-order chi connectivity index (χ0) is 23.6. The van der Waals surface area contributed by atoms with Gasteiger partial charge < -0.3 is 15.2 Å². The van der Waals surface area contributed by atoms with Crippen LogP contribution < -0.4 is 14.8 Å². The normalized spacial score (nSPS) is 13.9. The van der Waals surface area contributed by atoms with Gasteiger partial charge in [0.25, 0.3) is 0 Å². The summed E-state index contributed by atoms with van der Waals surface area (Å²) in [6.45, 7) is 5.37. The number of hydrogen-bond acceptors (Lipinski definition) is 6. The van der Waals surface area contributed by atoms with Crippen molar-refractivity contribution in [1.82, 2.24) is 14.5 Å². The van der Waals surface area contributed by atoms with Gasteiger partial charge in [-0.2, -0.15) is 5.10 Å². The summed E-state index contributed by atoms with van der Waals surface area (Å²) in [7, 11) is -2.44. The molecule has 0 bridgehead atoms. The molecule has 1 aliphatic carbocycles. The van der Waals surface area contributed by atoms with Crippen LogP contribution in [0.4, 0.5) is 5.69 Å². The molecule has 1 saturated carbocycles. The van der Waals surface area contributed by atoms with Crippen molar-refractivity contribution in [2.75, 3.05) is 5.32 Å². The minimum atomic E-state index is -3.94. The van der Waals surface area contributed by atoms with Gasteiger partial charge in [0.15, 0.2) is 5.69 Å². The summed E-state index contributed by atoms with van der Waals surface area (Å²) < 4.78 is 35.8. The van der Waals surface area contributed by atoms with Gasteiger partial charge in [-0.1, -0.05) is 13.8 Å². The SMILES string of the molecule is CCC(CC)C(=O)Nc1ccc(Oc2c(C)c(C(=O)O)nn2C)c(S(=O)(=O)NC2CC2)c1. The Morgan fingerprint density at radius 1 is 1.28 bits per heavy atom. The van der Waals surface area contributed by atoms with Crippen molar-refractivity contribution in [3.63, 3.8) is 0 Å². The Morgan fingerprint density at radius 3 is 2.47 bits per heavy atom. The first-order valence-electron chi connectivity index (χ1n) is 10.5. The third-order valence-electron chi connectivity index (χ3n) is 5.39. The number of carbonyl (C=O) groups excluding carboxylic acids is 1. The van der Waals surface area contributed by atoms with Crippen LogP contribution in [0, 0.1) is 12.8 Å². The van der Waals surface area contributed by atoms with Gasteiger partial charge in [-0.05, 0) is 50.8 Å². The molecule has 11 heteroatoms. The number of aromatic carboxylic acids is 1. The van der Waals surface area contributed by atoms with E-state index in [1.165, 1.54) is 30.8 Å². The van der Waals surface area contributed by atoms with Crippen LogP contribution in [0.2, 0.25) is 0 Å². The van der Waals surface area contributed by atoms with Gasteiger partial charge in [0.2, 0.25) is 21.8 Å². The lowest BCUT2D eigenvalue weighted by Crippen LogP contribution is -2.26. The highest BCUT2D eigenvalue weighted by Crippen LogP contribution is 2.35. The van der Waals surface area contributed by atoms with E-state index in [0.717, 1.165) is 12.8 Å². The van der Waals surface area contributed by atoms with E-state index in [-0.39, 0.29) is 45.6 Å². The molecule has 174 valence electrons. The van der Waals surface area contributed by atoms with E-state index in [4.69, 9.17) is 4.74 Å². The number of sulfonamides is 1. The van der Waals surface area contributed by atoms with Gasteiger partial charge >= 0.3 is 5.97 Å². The zero-order valence-corrected chi connectivity index (χ0v) is 19.3. The molecule has 0 spiro atoms. The number of aryl methyl sites for hydroxylation is 1. The Hall–Kier alpha value is -2.92. The lowest BCUT2D eigenvalue weighted by atomic mass is 10.0. The van der Waals surface area contributed by atoms with E-state index in [2.05, 4.69) is 15.1 Å². The lowest BCUT2D eigenvalue weighted by Gasteiger charge is -2.16. The number of carboxylic acid groups (broad SMARTS) is 1. The van der Waals surface area contributed by atoms with Crippen LogP contribution in [-0.4, -0.2) is 41.2 Å². The van der Waals surface area contributed by atoms with Gasteiger partial charge in [0, 0.05) is 30.3 Å². The van der Waals surface area contributed by atoms with Gasteiger partial charge in [0.1, 0.15) is 10.6 Å². The topological polar surface area (TPSA) is 140 Å². The molecule has 1 aliphatic rings. The first-order valence-corrected chi connectivity index (χ1v) is 12.0. The molecule has 2 aromatic rings. The number of ether oxygens (including phenoxy) is 1. The third kappa shape index (κ3) is 5.10. The monoisotopic (exact) mass is 464 g/mol. The number of aromatic nitrogens is 2. The number of amides is 1. The fourth-order valence-corrected chi connectivity index (χ4v) is 4.79. The first-order chi connectivity index (χ1) is 15.1. The highest BCUT2D eigenvalue weighted by atomic mass is 32.2. The van der Waals surface area contributed by atoms with Crippen molar-refractivity contribution in [3.05, 3.63) is 29.5 Å². The van der Waals surface area contributed by atoms with Crippen LogP contribution >= 0.6 is 0 Å². The molecule has 0 unspecified atom stereocenters. The molecule has 0 atom stereocenters. The fraction of sp³-hybridized carbons (Fsp3) is 0.476. The van der Waals surface area contributed by atoms with Crippen molar-refractivity contribution in [2.45, 2.75) is 57.4 Å². The van der Waals surface area contributed by atoms with Crippen molar-refractivity contribution in [2.24, 2.45) is 13.0 Å². The number of anilines is 1. The van der Waals surface area contributed by atoms with Crippen LogP contribution in [-0.2, 0) is 21.9 Å². The molecule has 0 radical (unpaired) electrons. The molecule has 3 rings (SSSR count). The van der Waals surface area contributed by atoms with Crippen LogP contribution in [0.1, 0.15) is 55.6 Å². The van der Waals surface area contributed by atoms with E-state index in [0.29, 0.717) is 18.5 Å². The Morgan fingerprint density at radius 2 is 1.94 bits per heavy atom. The summed E-state index contributed by atoms with van der Waals surface area (Å²) in [6.07, 6.45) is 2.85. The maximum absolute atomic E-state index is 13.0.